The van der Waals surface area contributed by atoms with Gasteiger partial charge in [0.15, 0.2) is 4.21 Å². The minimum Gasteiger partial charge on any atom is -0.337 e. The van der Waals surface area contributed by atoms with Crippen LogP contribution in [0.2, 0.25) is 0 Å². The highest BCUT2D eigenvalue weighted by atomic mass is 32.2. The standard InChI is InChI=1S/C14H20N4O2S2/c1-5-10-16-8-11(21-10)22(19,20)18-9-14(2,3)12(18)13-15-6-7-17(13)4/h6-8,12H,5,9H2,1-4H3. The Labute approximate surface area is 134 Å². The zero-order valence-electron chi connectivity index (χ0n) is 13.1. The first-order valence-corrected chi connectivity index (χ1v) is 9.47. The highest BCUT2D eigenvalue weighted by molar-refractivity contribution is 7.91. The van der Waals surface area contributed by atoms with Crippen molar-refractivity contribution in [2.24, 2.45) is 12.5 Å². The average Bonchev–Trinajstić information content (AvgIpc) is 3.06. The van der Waals surface area contributed by atoms with Crippen molar-refractivity contribution >= 4 is 21.4 Å². The molecule has 2 aromatic rings. The second kappa shape index (κ2) is 5.14. The van der Waals surface area contributed by atoms with Crippen LogP contribution < -0.4 is 0 Å². The molecule has 2 aromatic heterocycles. The molecular formula is C14H20N4O2S2. The van der Waals surface area contributed by atoms with E-state index in [9.17, 15) is 8.42 Å². The molecule has 8 heteroatoms. The molecule has 1 aliphatic rings. The second-order valence-corrected chi connectivity index (χ2v) is 9.50. The molecule has 1 atom stereocenters. The van der Waals surface area contributed by atoms with Gasteiger partial charge in [0.05, 0.1) is 17.2 Å². The molecule has 0 aromatic carbocycles. The molecule has 1 fully saturated rings. The van der Waals surface area contributed by atoms with Crippen LogP contribution in [0.4, 0.5) is 0 Å². The van der Waals surface area contributed by atoms with Crippen LogP contribution >= 0.6 is 11.3 Å². The van der Waals surface area contributed by atoms with E-state index in [-0.39, 0.29) is 11.5 Å². The summed E-state index contributed by atoms with van der Waals surface area (Å²) in [5, 5.41) is 0.840. The summed E-state index contributed by atoms with van der Waals surface area (Å²) < 4.78 is 29.6. The number of aromatic nitrogens is 3. The lowest BCUT2D eigenvalue weighted by Crippen LogP contribution is -2.58. The Bertz CT molecular complexity index is 791. The highest BCUT2D eigenvalue weighted by Crippen LogP contribution is 2.50. The van der Waals surface area contributed by atoms with Gasteiger partial charge >= 0.3 is 0 Å². The fourth-order valence-electron chi connectivity index (χ4n) is 2.89. The quantitative estimate of drug-likeness (QED) is 0.856. The molecular weight excluding hydrogens is 320 g/mol. The van der Waals surface area contributed by atoms with Crippen LogP contribution in [-0.4, -0.2) is 33.8 Å². The van der Waals surface area contributed by atoms with Crippen LogP contribution in [0, 0.1) is 5.41 Å². The van der Waals surface area contributed by atoms with E-state index < -0.39 is 10.0 Å². The van der Waals surface area contributed by atoms with Crippen molar-refractivity contribution in [3.05, 3.63) is 29.4 Å². The Kier molecular flexibility index (Phi) is 3.65. The summed E-state index contributed by atoms with van der Waals surface area (Å²) in [6.45, 7) is 6.61. The summed E-state index contributed by atoms with van der Waals surface area (Å²) in [6.07, 6.45) is 5.76. The van der Waals surface area contributed by atoms with Crippen LogP contribution in [0.5, 0.6) is 0 Å². The molecule has 0 bridgehead atoms. The first kappa shape index (κ1) is 15.6. The monoisotopic (exact) mass is 340 g/mol. The molecule has 120 valence electrons. The molecule has 0 radical (unpaired) electrons. The Morgan fingerprint density at radius 3 is 2.64 bits per heavy atom. The van der Waals surface area contributed by atoms with Crippen molar-refractivity contribution in [2.75, 3.05) is 6.54 Å². The zero-order valence-corrected chi connectivity index (χ0v) is 14.8. The maximum Gasteiger partial charge on any atom is 0.254 e. The first-order chi connectivity index (χ1) is 10.3. The van der Waals surface area contributed by atoms with Crippen molar-refractivity contribution in [1.29, 1.82) is 0 Å². The molecule has 22 heavy (non-hydrogen) atoms. The highest BCUT2D eigenvalue weighted by Gasteiger charge is 2.54. The van der Waals surface area contributed by atoms with Gasteiger partial charge in [-0.15, -0.1) is 11.3 Å². The lowest BCUT2D eigenvalue weighted by molar-refractivity contribution is 0.0122. The van der Waals surface area contributed by atoms with E-state index in [1.807, 2.05) is 24.7 Å². The van der Waals surface area contributed by atoms with Gasteiger partial charge in [0.25, 0.3) is 10.0 Å². The number of imidazole rings is 1. The molecule has 0 spiro atoms. The third-order valence-corrected chi connectivity index (χ3v) is 7.48. The third-order valence-electron chi connectivity index (χ3n) is 4.09. The molecule has 3 heterocycles. The fourth-order valence-corrected chi connectivity index (χ4v) is 6.05. The van der Waals surface area contributed by atoms with E-state index in [4.69, 9.17) is 0 Å². The number of aryl methyl sites for hydroxylation is 2. The van der Waals surface area contributed by atoms with E-state index in [0.717, 1.165) is 17.3 Å². The summed E-state index contributed by atoms with van der Waals surface area (Å²) in [7, 11) is -1.63. The van der Waals surface area contributed by atoms with Gasteiger partial charge in [0.1, 0.15) is 5.82 Å². The molecule has 1 saturated heterocycles. The van der Waals surface area contributed by atoms with Gasteiger partial charge in [0.2, 0.25) is 0 Å². The maximum atomic E-state index is 12.9. The first-order valence-electron chi connectivity index (χ1n) is 7.21. The van der Waals surface area contributed by atoms with Crippen molar-refractivity contribution in [3.63, 3.8) is 0 Å². The van der Waals surface area contributed by atoms with Gasteiger partial charge in [-0.05, 0) is 6.42 Å². The number of hydrogen-bond acceptors (Lipinski definition) is 5. The predicted octanol–water partition coefficient (Wildman–Crippen LogP) is 2.21. The van der Waals surface area contributed by atoms with Crippen molar-refractivity contribution in [3.8, 4) is 0 Å². The number of thiazole rings is 1. The number of sulfonamides is 1. The minimum absolute atomic E-state index is 0.134. The lowest BCUT2D eigenvalue weighted by Gasteiger charge is -2.52. The molecule has 0 saturated carbocycles. The van der Waals surface area contributed by atoms with Crippen LogP contribution in [0.15, 0.2) is 22.8 Å². The van der Waals surface area contributed by atoms with Crippen molar-refractivity contribution < 1.29 is 8.42 Å². The molecule has 0 amide bonds. The van der Waals surface area contributed by atoms with E-state index in [1.165, 1.54) is 17.5 Å². The Hall–Kier alpha value is -1.25. The Morgan fingerprint density at radius 2 is 2.14 bits per heavy atom. The number of nitrogens with zero attached hydrogens (tertiary/aromatic N) is 4. The van der Waals surface area contributed by atoms with E-state index in [0.29, 0.717) is 10.8 Å². The smallest absolute Gasteiger partial charge is 0.254 e. The van der Waals surface area contributed by atoms with Gasteiger partial charge in [-0.1, -0.05) is 20.8 Å². The second-order valence-electron chi connectivity index (χ2n) is 6.26. The SMILES string of the molecule is CCc1ncc(S(=O)(=O)N2CC(C)(C)C2c2nccn2C)s1. The maximum absolute atomic E-state index is 12.9. The van der Waals surface area contributed by atoms with E-state index in [2.05, 4.69) is 23.8 Å². The zero-order chi connectivity index (χ0) is 16.1. The van der Waals surface area contributed by atoms with Crippen LogP contribution in [-0.2, 0) is 23.5 Å². The van der Waals surface area contributed by atoms with Crippen LogP contribution in [0.3, 0.4) is 0 Å². The van der Waals surface area contributed by atoms with Gasteiger partial charge in [0, 0.05) is 31.4 Å². The Morgan fingerprint density at radius 1 is 1.41 bits per heavy atom. The summed E-state index contributed by atoms with van der Waals surface area (Å²) in [5.74, 6) is 0.778. The molecule has 1 aliphatic heterocycles. The summed E-state index contributed by atoms with van der Waals surface area (Å²) >= 11 is 1.25. The molecule has 3 rings (SSSR count). The lowest BCUT2D eigenvalue weighted by atomic mass is 9.76. The molecule has 1 unspecified atom stereocenters. The van der Waals surface area contributed by atoms with E-state index >= 15 is 0 Å². The topological polar surface area (TPSA) is 68.1 Å². The third kappa shape index (κ3) is 2.29. The number of rotatable bonds is 4. The minimum atomic E-state index is -3.52. The fraction of sp³-hybridized carbons (Fsp3) is 0.571. The van der Waals surface area contributed by atoms with Crippen LogP contribution in [0.25, 0.3) is 0 Å². The van der Waals surface area contributed by atoms with Crippen molar-refractivity contribution in [1.82, 2.24) is 18.8 Å². The number of hydrogen-bond donors (Lipinski definition) is 0. The van der Waals surface area contributed by atoms with Crippen molar-refractivity contribution in [2.45, 2.75) is 37.4 Å². The van der Waals surface area contributed by atoms with E-state index in [1.54, 1.807) is 10.5 Å². The van der Waals surface area contributed by atoms with Crippen LogP contribution in [0.1, 0.15) is 37.6 Å². The van der Waals surface area contributed by atoms with Gasteiger partial charge in [-0.3, -0.25) is 0 Å². The van der Waals surface area contributed by atoms with Gasteiger partial charge in [-0.2, -0.15) is 4.31 Å². The Balaban J connectivity index is 1.99. The van der Waals surface area contributed by atoms with Gasteiger partial charge < -0.3 is 4.57 Å². The predicted molar refractivity (Wildman–Crippen MR) is 85.1 cm³/mol. The molecule has 0 aliphatic carbocycles. The molecule has 0 N–H and O–H groups in total. The summed E-state index contributed by atoms with van der Waals surface area (Å²) in [4.78, 5) is 8.53. The average molecular weight is 340 g/mol. The molecule has 6 nitrogen and oxygen atoms in total. The summed E-state index contributed by atoms with van der Waals surface area (Å²) in [6, 6.07) is -0.246. The normalized spacial score (nSPS) is 21.7. The summed E-state index contributed by atoms with van der Waals surface area (Å²) in [5.41, 5.74) is -0.134. The largest absolute Gasteiger partial charge is 0.337 e. The van der Waals surface area contributed by atoms with Gasteiger partial charge in [-0.25, -0.2) is 18.4 Å².